The first-order chi connectivity index (χ1) is 12.6. The topological polar surface area (TPSA) is 104 Å². The lowest BCUT2D eigenvalue weighted by Crippen LogP contribution is -2.41. The average molecular weight is 352 g/mol. The molecule has 1 aliphatic heterocycles. The number of nitrogens with one attached hydrogen (secondary N) is 1. The normalized spacial score (nSPS) is 21.0. The van der Waals surface area contributed by atoms with E-state index < -0.39 is 0 Å². The predicted molar refractivity (Wildman–Crippen MR) is 95.6 cm³/mol. The van der Waals surface area contributed by atoms with Crippen LogP contribution in [0.5, 0.6) is 0 Å². The second-order valence-corrected chi connectivity index (χ2v) is 6.76. The van der Waals surface area contributed by atoms with Crippen LogP contribution >= 0.6 is 0 Å². The van der Waals surface area contributed by atoms with E-state index in [1.807, 2.05) is 11.0 Å². The van der Waals surface area contributed by atoms with E-state index in [0.717, 1.165) is 23.3 Å². The fourth-order valence-electron chi connectivity index (χ4n) is 3.49. The zero-order valence-corrected chi connectivity index (χ0v) is 14.7. The number of fused-ring (bicyclic) bond motifs is 1. The van der Waals surface area contributed by atoms with Crippen LogP contribution in [0, 0.1) is 5.92 Å². The number of H-pyrrole nitrogens is 1. The van der Waals surface area contributed by atoms with Gasteiger partial charge in [0.25, 0.3) is 5.91 Å². The van der Waals surface area contributed by atoms with Crippen LogP contribution in [0.4, 0.5) is 5.82 Å². The van der Waals surface area contributed by atoms with Gasteiger partial charge in [0.05, 0.1) is 17.9 Å². The predicted octanol–water partition coefficient (Wildman–Crippen LogP) is 1.13. The molecule has 3 aromatic heterocycles. The highest BCUT2D eigenvalue weighted by molar-refractivity contribution is 5.92. The fraction of sp³-hybridized carbons (Fsp3) is 0.412. The first kappa shape index (κ1) is 16.4. The van der Waals surface area contributed by atoms with Crippen molar-refractivity contribution >= 4 is 22.6 Å². The molecule has 0 aliphatic carbocycles. The lowest BCUT2D eigenvalue weighted by atomic mass is 10.1. The zero-order valence-electron chi connectivity index (χ0n) is 14.7. The highest BCUT2D eigenvalue weighted by Gasteiger charge is 2.30. The van der Waals surface area contributed by atoms with E-state index >= 15 is 0 Å². The maximum Gasteiger partial charge on any atom is 0.276 e. The van der Waals surface area contributed by atoms with Gasteiger partial charge in [0.1, 0.15) is 12.1 Å². The monoisotopic (exact) mass is 352 g/mol. The molecule has 0 saturated carbocycles. The van der Waals surface area contributed by atoms with E-state index in [9.17, 15) is 4.79 Å². The smallest absolute Gasteiger partial charge is 0.276 e. The van der Waals surface area contributed by atoms with E-state index in [1.165, 1.54) is 6.20 Å². The summed E-state index contributed by atoms with van der Waals surface area (Å²) in [5.41, 5.74) is 1.16. The molecule has 26 heavy (non-hydrogen) atoms. The van der Waals surface area contributed by atoms with E-state index in [2.05, 4.69) is 49.1 Å². The molecule has 0 radical (unpaired) electrons. The number of aromatic nitrogens is 6. The first-order valence-corrected chi connectivity index (χ1v) is 8.60. The third-order valence-corrected chi connectivity index (χ3v) is 4.67. The van der Waals surface area contributed by atoms with Crippen LogP contribution in [-0.2, 0) is 0 Å². The Morgan fingerprint density at radius 3 is 2.88 bits per heavy atom. The minimum atomic E-state index is -0.101. The first-order valence-electron chi connectivity index (χ1n) is 8.60. The molecule has 0 spiro atoms. The molecule has 134 valence electrons. The number of anilines is 1. The zero-order chi connectivity index (χ0) is 18.1. The number of aromatic amines is 1. The molecule has 2 unspecified atom stereocenters. The van der Waals surface area contributed by atoms with E-state index in [1.54, 1.807) is 18.7 Å². The standard InChI is InChI=1S/C17H20N8O/c1-11-7-24(17(26)15-6-21-23-22-15)9-12(2)25(8-11)16-13-3-4-18-5-14(13)19-10-20-16/h3-6,10-12H,7-9H2,1-2H3,(H,21,22,23). The van der Waals surface area contributed by atoms with Crippen LogP contribution < -0.4 is 4.90 Å². The Morgan fingerprint density at radius 1 is 1.19 bits per heavy atom. The molecule has 2 atom stereocenters. The van der Waals surface area contributed by atoms with Crippen molar-refractivity contribution in [1.82, 2.24) is 35.3 Å². The van der Waals surface area contributed by atoms with Crippen molar-refractivity contribution in [2.75, 3.05) is 24.5 Å². The largest absolute Gasteiger partial charge is 0.351 e. The molecule has 0 aromatic carbocycles. The number of amides is 1. The summed E-state index contributed by atoms with van der Waals surface area (Å²) in [6.45, 7) is 6.30. The summed E-state index contributed by atoms with van der Waals surface area (Å²) in [6, 6.07) is 2.03. The molecule has 1 fully saturated rings. The number of pyridine rings is 1. The van der Waals surface area contributed by atoms with Gasteiger partial charge in [-0.15, -0.1) is 0 Å². The van der Waals surface area contributed by atoms with Gasteiger partial charge in [0.15, 0.2) is 5.69 Å². The molecule has 4 rings (SSSR count). The molecule has 1 amide bonds. The second-order valence-electron chi connectivity index (χ2n) is 6.76. The maximum atomic E-state index is 12.7. The Morgan fingerprint density at radius 2 is 2.08 bits per heavy atom. The van der Waals surface area contributed by atoms with Gasteiger partial charge in [-0.05, 0) is 18.9 Å². The van der Waals surface area contributed by atoms with Crippen molar-refractivity contribution in [3.8, 4) is 0 Å². The maximum absolute atomic E-state index is 12.7. The Kier molecular flexibility index (Phi) is 4.19. The summed E-state index contributed by atoms with van der Waals surface area (Å²) in [5, 5.41) is 11.1. The van der Waals surface area contributed by atoms with Crippen molar-refractivity contribution in [1.29, 1.82) is 0 Å². The van der Waals surface area contributed by atoms with Crippen LogP contribution in [-0.4, -0.2) is 66.8 Å². The summed E-state index contributed by atoms with van der Waals surface area (Å²) >= 11 is 0. The van der Waals surface area contributed by atoms with Crippen molar-refractivity contribution in [2.45, 2.75) is 19.9 Å². The number of carbonyl (C=O) groups excluding carboxylic acids is 1. The molecule has 4 heterocycles. The minimum absolute atomic E-state index is 0.0991. The Balaban J connectivity index is 1.65. The quantitative estimate of drug-likeness (QED) is 0.737. The number of hydrogen-bond donors (Lipinski definition) is 1. The van der Waals surface area contributed by atoms with Gasteiger partial charge >= 0.3 is 0 Å². The van der Waals surface area contributed by atoms with Crippen LogP contribution in [0.1, 0.15) is 24.3 Å². The van der Waals surface area contributed by atoms with Crippen LogP contribution in [0.2, 0.25) is 0 Å². The van der Waals surface area contributed by atoms with Crippen LogP contribution in [0.3, 0.4) is 0 Å². The number of hydrogen-bond acceptors (Lipinski definition) is 7. The lowest BCUT2D eigenvalue weighted by Gasteiger charge is -2.30. The van der Waals surface area contributed by atoms with Crippen LogP contribution in [0.15, 0.2) is 31.0 Å². The molecule has 3 aromatic rings. The summed E-state index contributed by atoms with van der Waals surface area (Å²) in [6.07, 6.45) is 6.53. The van der Waals surface area contributed by atoms with Gasteiger partial charge in [-0.2, -0.15) is 15.4 Å². The molecule has 0 bridgehead atoms. The molecule has 9 nitrogen and oxygen atoms in total. The Bertz CT molecular complexity index is 907. The molecule has 1 saturated heterocycles. The highest BCUT2D eigenvalue weighted by atomic mass is 16.2. The van der Waals surface area contributed by atoms with Gasteiger partial charge in [0.2, 0.25) is 0 Å². The van der Waals surface area contributed by atoms with E-state index in [-0.39, 0.29) is 17.9 Å². The molecule has 1 N–H and O–H groups in total. The van der Waals surface area contributed by atoms with Gasteiger partial charge in [0, 0.05) is 37.3 Å². The van der Waals surface area contributed by atoms with Crippen molar-refractivity contribution < 1.29 is 4.79 Å². The molecular formula is C17H20N8O. The third kappa shape index (κ3) is 2.96. The molecular weight excluding hydrogens is 332 g/mol. The van der Waals surface area contributed by atoms with E-state index in [0.29, 0.717) is 18.8 Å². The average Bonchev–Trinajstić information content (AvgIpc) is 3.14. The Labute approximate surface area is 150 Å². The highest BCUT2D eigenvalue weighted by Crippen LogP contribution is 2.27. The van der Waals surface area contributed by atoms with Gasteiger partial charge < -0.3 is 9.80 Å². The molecule has 1 aliphatic rings. The summed E-state index contributed by atoms with van der Waals surface area (Å²) in [4.78, 5) is 29.8. The number of nitrogens with zero attached hydrogens (tertiary/aromatic N) is 7. The Hall–Kier alpha value is -3.10. The van der Waals surface area contributed by atoms with Crippen molar-refractivity contribution in [3.05, 3.63) is 36.7 Å². The second kappa shape index (κ2) is 6.66. The van der Waals surface area contributed by atoms with Crippen molar-refractivity contribution in [2.24, 2.45) is 5.92 Å². The van der Waals surface area contributed by atoms with Crippen molar-refractivity contribution in [3.63, 3.8) is 0 Å². The minimum Gasteiger partial charge on any atom is -0.351 e. The van der Waals surface area contributed by atoms with Gasteiger partial charge in [-0.25, -0.2) is 9.97 Å². The summed E-state index contributed by atoms with van der Waals surface area (Å²) in [7, 11) is 0. The number of rotatable bonds is 2. The molecule has 9 heteroatoms. The third-order valence-electron chi connectivity index (χ3n) is 4.67. The fourth-order valence-corrected chi connectivity index (χ4v) is 3.49. The summed E-state index contributed by atoms with van der Waals surface area (Å²) < 4.78 is 0. The van der Waals surface area contributed by atoms with Crippen LogP contribution in [0.25, 0.3) is 10.9 Å². The van der Waals surface area contributed by atoms with Gasteiger partial charge in [-0.1, -0.05) is 6.92 Å². The lowest BCUT2D eigenvalue weighted by molar-refractivity contribution is 0.0735. The SMILES string of the molecule is CC1CN(C(=O)c2cn[nH]n2)CC(C)N(c2ncnc3cnccc23)C1. The number of carbonyl (C=O) groups is 1. The van der Waals surface area contributed by atoms with Gasteiger partial charge in [-0.3, -0.25) is 9.78 Å². The summed E-state index contributed by atoms with van der Waals surface area (Å²) in [5.74, 6) is 1.06. The van der Waals surface area contributed by atoms with E-state index in [4.69, 9.17) is 0 Å².